The molecule has 1 aromatic carbocycles. The molecule has 1 aromatic rings. The van der Waals surface area contributed by atoms with Crippen LogP contribution in [0, 0.1) is 5.92 Å². The van der Waals surface area contributed by atoms with Gasteiger partial charge in [0.1, 0.15) is 12.1 Å². The number of hydrogen-bond donors (Lipinski definition) is 5. The van der Waals surface area contributed by atoms with Crippen LogP contribution < -0.4 is 11.5 Å². The van der Waals surface area contributed by atoms with Gasteiger partial charge >= 0.3 is 0 Å². The first kappa shape index (κ1) is 18.9. The Balaban J connectivity index is 1.72. The van der Waals surface area contributed by atoms with E-state index in [1.54, 1.807) is 4.90 Å². The number of aliphatic imine (C=N–C) groups is 2. The molecule has 3 aliphatic heterocycles. The van der Waals surface area contributed by atoms with Crippen LogP contribution >= 0.6 is 0 Å². The Kier molecular flexibility index (Phi) is 4.66. The van der Waals surface area contributed by atoms with Crippen molar-refractivity contribution in [1.29, 1.82) is 0 Å². The van der Waals surface area contributed by atoms with E-state index >= 15 is 0 Å². The van der Waals surface area contributed by atoms with Crippen LogP contribution in [-0.2, 0) is 11.3 Å². The van der Waals surface area contributed by atoms with Gasteiger partial charge in [-0.25, -0.2) is 9.98 Å². The van der Waals surface area contributed by atoms with Crippen molar-refractivity contribution >= 4 is 11.9 Å². The quantitative estimate of drug-likeness (QED) is 0.414. The lowest BCUT2D eigenvalue weighted by Crippen LogP contribution is -2.72. The highest BCUT2D eigenvalue weighted by molar-refractivity contribution is 5.86. The van der Waals surface area contributed by atoms with Gasteiger partial charge in [0.25, 0.3) is 0 Å². The predicted octanol–water partition coefficient (Wildman–Crippen LogP) is -1.34. The molecule has 0 saturated carbocycles. The third-order valence-corrected chi connectivity index (χ3v) is 6.09. The molecule has 1 saturated heterocycles. The van der Waals surface area contributed by atoms with Crippen LogP contribution in [0.1, 0.15) is 12.5 Å². The molecule has 3 heterocycles. The number of nitrogens with zero attached hydrogens (tertiary/aromatic N) is 4. The number of hydrogen-bond acceptors (Lipinski definition) is 10. The van der Waals surface area contributed by atoms with Gasteiger partial charge in [-0.1, -0.05) is 37.3 Å². The molecule has 0 aromatic heterocycles. The first-order chi connectivity index (χ1) is 13.5. The number of aliphatic hydroxyl groups excluding tert-OH is 2. The summed E-state index contributed by atoms with van der Waals surface area (Å²) in [7, 11) is 0. The minimum absolute atomic E-state index is 0.0781. The maximum absolute atomic E-state index is 10.9. The van der Waals surface area contributed by atoms with Gasteiger partial charge in [-0.3, -0.25) is 5.21 Å². The summed E-state index contributed by atoms with van der Waals surface area (Å²) in [6.45, 7) is 1.68. The second-order valence-electron chi connectivity index (χ2n) is 7.43. The van der Waals surface area contributed by atoms with Crippen molar-refractivity contribution in [2.24, 2.45) is 27.4 Å². The van der Waals surface area contributed by atoms with Crippen molar-refractivity contribution in [3.05, 3.63) is 35.9 Å². The van der Waals surface area contributed by atoms with Crippen LogP contribution in [0.5, 0.6) is 0 Å². The fourth-order valence-corrected chi connectivity index (χ4v) is 4.89. The summed E-state index contributed by atoms with van der Waals surface area (Å²) in [6.07, 6.45) is -0.477. The molecule has 0 amide bonds. The third kappa shape index (κ3) is 2.42. The van der Waals surface area contributed by atoms with Crippen molar-refractivity contribution in [2.45, 2.75) is 43.4 Å². The van der Waals surface area contributed by atoms with Crippen LogP contribution in [0.2, 0.25) is 0 Å². The number of benzene rings is 1. The lowest BCUT2D eigenvalue weighted by Gasteiger charge is -2.50. The Labute approximate surface area is 162 Å². The Morgan fingerprint density at radius 1 is 1.11 bits per heavy atom. The van der Waals surface area contributed by atoms with Crippen LogP contribution in [0.15, 0.2) is 40.3 Å². The second-order valence-corrected chi connectivity index (χ2v) is 7.43. The summed E-state index contributed by atoms with van der Waals surface area (Å²) in [6, 6.07) is 7.83. The predicted molar refractivity (Wildman–Crippen MR) is 101 cm³/mol. The molecule has 0 bridgehead atoms. The molecule has 7 N–H and O–H groups in total. The summed E-state index contributed by atoms with van der Waals surface area (Å²) >= 11 is 0. The number of nitrogens with two attached hydrogens (primary N) is 2. The topological polar surface area (TPSA) is 153 Å². The van der Waals surface area contributed by atoms with Crippen LogP contribution in [0.25, 0.3) is 0 Å². The van der Waals surface area contributed by atoms with Crippen molar-refractivity contribution in [3.63, 3.8) is 0 Å². The first-order valence-electron chi connectivity index (χ1n) is 9.29. The Bertz CT molecular complexity index is 790. The molecule has 6 atom stereocenters. The zero-order chi connectivity index (χ0) is 20.1. The Hall–Kier alpha value is -2.40. The lowest BCUT2D eigenvalue weighted by molar-refractivity contribution is -0.175. The SMILES string of the molecule is CC1C(OCc2ccccc2)C(CO)N2C(N)=NC(CO)C3N=C(N)N(O)C132. The van der Waals surface area contributed by atoms with E-state index in [1.165, 1.54) is 0 Å². The highest BCUT2D eigenvalue weighted by Gasteiger charge is 2.70. The molecule has 10 heteroatoms. The number of aliphatic hydroxyl groups is 2. The van der Waals surface area contributed by atoms with E-state index in [-0.39, 0.29) is 31.1 Å². The van der Waals surface area contributed by atoms with Gasteiger partial charge in [-0.05, 0) is 5.56 Å². The average Bonchev–Trinajstić information content (AvgIpc) is 3.12. The largest absolute Gasteiger partial charge is 0.394 e. The molecule has 10 nitrogen and oxygen atoms in total. The van der Waals surface area contributed by atoms with E-state index in [9.17, 15) is 15.4 Å². The second kappa shape index (κ2) is 6.89. The molecule has 4 rings (SSSR count). The number of guanidine groups is 2. The summed E-state index contributed by atoms with van der Waals surface area (Å²) in [4.78, 5) is 10.3. The van der Waals surface area contributed by atoms with E-state index in [1.807, 2.05) is 37.3 Å². The molecule has 0 aliphatic carbocycles. The number of hydroxylamine groups is 2. The molecular weight excluding hydrogens is 364 g/mol. The van der Waals surface area contributed by atoms with Gasteiger partial charge in [-0.15, -0.1) is 0 Å². The fourth-order valence-electron chi connectivity index (χ4n) is 4.89. The van der Waals surface area contributed by atoms with Gasteiger partial charge in [0.15, 0.2) is 11.6 Å². The number of ether oxygens (including phenoxy) is 1. The maximum Gasteiger partial charge on any atom is 0.218 e. The summed E-state index contributed by atoms with van der Waals surface area (Å²) < 4.78 is 6.20. The molecular formula is C18H26N6O4. The zero-order valence-electron chi connectivity index (χ0n) is 15.6. The minimum Gasteiger partial charge on any atom is -0.394 e. The maximum atomic E-state index is 10.9. The highest BCUT2D eigenvalue weighted by atomic mass is 16.5. The van der Waals surface area contributed by atoms with Crippen molar-refractivity contribution < 1.29 is 20.2 Å². The Morgan fingerprint density at radius 2 is 1.82 bits per heavy atom. The summed E-state index contributed by atoms with van der Waals surface area (Å²) in [5.74, 6) is -0.321. The highest BCUT2D eigenvalue weighted by Crippen LogP contribution is 2.50. The van der Waals surface area contributed by atoms with Crippen LogP contribution in [0.3, 0.4) is 0 Å². The molecule has 0 radical (unpaired) electrons. The van der Waals surface area contributed by atoms with Crippen molar-refractivity contribution in [3.8, 4) is 0 Å². The van der Waals surface area contributed by atoms with E-state index in [2.05, 4.69) is 9.98 Å². The summed E-state index contributed by atoms with van der Waals surface area (Å²) in [5, 5.41) is 31.7. The summed E-state index contributed by atoms with van der Waals surface area (Å²) in [5.41, 5.74) is 12.0. The standard InChI is InChI=1S/C18H26N6O4/c1-10-14(28-9-11-5-3-2-4-6-11)13(8-26)23-16(19)21-12(7-25)15-18(10,23)24(27)17(20)22-15/h2-6,10,12-15,25-27H,7-9H2,1H3,(H2,19,21)(H2,20,22). The van der Waals surface area contributed by atoms with E-state index in [0.717, 1.165) is 10.6 Å². The van der Waals surface area contributed by atoms with E-state index in [4.69, 9.17) is 16.2 Å². The molecule has 28 heavy (non-hydrogen) atoms. The minimum atomic E-state index is -1.18. The molecule has 3 aliphatic rings. The molecule has 6 unspecified atom stereocenters. The normalized spacial score (nSPS) is 36.8. The van der Waals surface area contributed by atoms with Gasteiger partial charge < -0.3 is 31.3 Å². The van der Waals surface area contributed by atoms with Crippen LogP contribution in [0.4, 0.5) is 0 Å². The van der Waals surface area contributed by atoms with Gasteiger partial charge in [0.2, 0.25) is 5.96 Å². The van der Waals surface area contributed by atoms with Gasteiger partial charge in [0, 0.05) is 5.92 Å². The monoisotopic (exact) mass is 390 g/mol. The lowest BCUT2D eigenvalue weighted by atomic mass is 9.82. The van der Waals surface area contributed by atoms with E-state index in [0.29, 0.717) is 6.61 Å². The first-order valence-corrected chi connectivity index (χ1v) is 9.29. The van der Waals surface area contributed by atoms with Crippen LogP contribution in [-0.4, -0.2) is 80.4 Å². The fraction of sp³-hybridized carbons (Fsp3) is 0.556. The Morgan fingerprint density at radius 3 is 2.46 bits per heavy atom. The average molecular weight is 390 g/mol. The van der Waals surface area contributed by atoms with Crippen molar-refractivity contribution in [1.82, 2.24) is 9.96 Å². The van der Waals surface area contributed by atoms with Crippen molar-refractivity contribution in [2.75, 3.05) is 13.2 Å². The third-order valence-electron chi connectivity index (χ3n) is 6.09. The smallest absolute Gasteiger partial charge is 0.218 e. The van der Waals surface area contributed by atoms with E-state index < -0.39 is 29.9 Å². The molecule has 152 valence electrons. The zero-order valence-corrected chi connectivity index (χ0v) is 15.6. The molecule has 1 spiro atoms. The van der Waals surface area contributed by atoms with Gasteiger partial charge in [0.05, 0.1) is 32.0 Å². The number of rotatable bonds is 5. The van der Waals surface area contributed by atoms with Gasteiger partial charge in [-0.2, -0.15) is 5.06 Å². The molecule has 1 fully saturated rings.